The van der Waals surface area contributed by atoms with Crippen LogP contribution in [0.25, 0.3) is 0 Å². The fraction of sp³-hybridized carbons (Fsp3) is 0.286. The molecule has 0 spiro atoms. The summed E-state index contributed by atoms with van der Waals surface area (Å²) in [4.78, 5) is 13.6. The average molecular weight is 262 g/mol. The molecule has 0 atom stereocenters. The third-order valence-electron chi connectivity index (χ3n) is 2.77. The molecular weight excluding hydrogens is 247 g/mol. The van der Waals surface area contributed by atoms with Gasteiger partial charge in [0.15, 0.2) is 0 Å². The van der Waals surface area contributed by atoms with Gasteiger partial charge in [0.25, 0.3) is 5.91 Å². The number of carbonyl (C=O) groups excluding carboxylic acids is 1. The summed E-state index contributed by atoms with van der Waals surface area (Å²) in [7, 11) is 1.61. The monoisotopic (exact) mass is 262 g/mol. The predicted molar refractivity (Wildman–Crippen MR) is 68.2 cm³/mol. The maximum atomic E-state index is 13.6. The van der Waals surface area contributed by atoms with Crippen LogP contribution in [0.15, 0.2) is 28.8 Å². The van der Waals surface area contributed by atoms with Gasteiger partial charge in [-0.2, -0.15) is 0 Å². The summed E-state index contributed by atoms with van der Waals surface area (Å²) in [5.41, 5.74) is 1.56. The lowest BCUT2D eigenvalue weighted by atomic mass is 10.1. The normalized spacial score (nSPS) is 10.5. The van der Waals surface area contributed by atoms with E-state index in [1.807, 2.05) is 6.92 Å². The Balaban J connectivity index is 2.16. The van der Waals surface area contributed by atoms with E-state index in [9.17, 15) is 9.18 Å². The minimum atomic E-state index is -0.515. The van der Waals surface area contributed by atoms with E-state index in [2.05, 4.69) is 5.16 Å². The molecule has 0 unspecified atom stereocenters. The highest BCUT2D eigenvalue weighted by atomic mass is 19.1. The average Bonchev–Trinajstić information content (AvgIpc) is 2.77. The summed E-state index contributed by atoms with van der Waals surface area (Å²) in [5, 5.41) is 3.81. The lowest BCUT2D eigenvalue weighted by Crippen LogP contribution is -2.27. The van der Waals surface area contributed by atoms with Crippen molar-refractivity contribution >= 4 is 5.91 Å². The Morgan fingerprint density at radius 2 is 2.11 bits per heavy atom. The summed E-state index contributed by atoms with van der Waals surface area (Å²) in [6, 6.07) is 6.22. The highest BCUT2D eigenvalue weighted by Crippen LogP contribution is 2.14. The number of aryl methyl sites for hydroxylation is 2. The molecule has 0 bridgehead atoms. The molecule has 0 fully saturated rings. The number of benzene rings is 1. The van der Waals surface area contributed by atoms with E-state index in [1.54, 1.807) is 32.2 Å². The molecule has 0 aliphatic rings. The van der Waals surface area contributed by atoms with E-state index >= 15 is 0 Å². The molecule has 0 saturated heterocycles. The fourth-order valence-corrected chi connectivity index (χ4v) is 1.82. The molecule has 0 radical (unpaired) electrons. The van der Waals surface area contributed by atoms with Crippen molar-refractivity contribution < 1.29 is 13.7 Å². The molecule has 4 nitrogen and oxygen atoms in total. The van der Waals surface area contributed by atoms with Gasteiger partial charge in [-0.05, 0) is 26.0 Å². The van der Waals surface area contributed by atoms with Crippen LogP contribution in [0.5, 0.6) is 0 Å². The summed E-state index contributed by atoms with van der Waals surface area (Å²) >= 11 is 0. The minimum absolute atomic E-state index is 0.0720. The van der Waals surface area contributed by atoms with Crippen LogP contribution < -0.4 is 0 Å². The summed E-state index contributed by atoms with van der Waals surface area (Å²) < 4.78 is 18.6. The van der Waals surface area contributed by atoms with Gasteiger partial charge in [-0.1, -0.05) is 16.8 Å². The molecule has 19 heavy (non-hydrogen) atoms. The number of halogens is 1. The van der Waals surface area contributed by atoms with Crippen molar-refractivity contribution in [3.05, 3.63) is 52.7 Å². The minimum Gasteiger partial charge on any atom is -0.361 e. The van der Waals surface area contributed by atoms with Crippen LogP contribution in [0, 0.1) is 19.7 Å². The standard InChI is InChI=1S/C14H15FN2O2/c1-9-4-5-13(15)12(6-9)14(18)17(3)8-11-7-10(2)19-16-11/h4-7H,8H2,1-3H3. The van der Waals surface area contributed by atoms with Gasteiger partial charge in [0.2, 0.25) is 0 Å². The number of amides is 1. The Kier molecular flexibility index (Phi) is 3.64. The number of hydrogen-bond donors (Lipinski definition) is 0. The zero-order valence-corrected chi connectivity index (χ0v) is 11.1. The smallest absolute Gasteiger partial charge is 0.256 e. The van der Waals surface area contributed by atoms with Crippen molar-refractivity contribution in [3.63, 3.8) is 0 Å². The van der Waals surface area contributed by atoms with Gasteiger partial charge in [-0.3, -0.25) is 4.79 Å². The zero-order chi connectivity index (χ0) is 14.0. The lowest BCUT2D eigenvalue weighted by molar-refractivity contribution is 0.0777. The van der Waals surface area contributed by atoms with Crippen molar-refractivity contribution in [2.24, 2.45) is 0 Å². The van der Waals surface area contributed by atoms with Crippen molar-refractivity contribution in [3.8, 4) is 0 Å². The van der Waals surface area contributed by atoms with E-state index in [-0.39, 0.29) is 18.0 Å². The third kappa shape index (κ3) is 2.99. The van der Waals surface area contributed by atoms with Gasteiger partial charge in [0.1, 0.15) is 17.3 Å². The van der Waals surface area contributed by atoms with E-state index in [0.29, 0.717) is 11.5 Å². The maximum Gasteiger partial charge on any atom is 0.256 e. The molecule has 1 amide bonds. The quantitative estimate of drug-likeness (QED) is 0.854. The van der Waals surface area contributed by atoms with Gasteiger partial charge < -0.3 is 9.42 Å². The van der Waals surface area contributed by atoms with Crippen LogP contribution in [-0.4, -0.2) is 23.0 Å². The first-order valence-corrected chi connectivity index (χ1v) is 5.91. The summed E-state index contributed by atoms with van der Waals surface area (Å²) in [6.07, 6.45) is 0. The SMILES string of the molecule is Cc1ccc(F)c(C(=O)N(C)Cc2cc(C)on2)c1. The molecule has 100 valence electrons. The van der Waals surface area contributed by atoms with E-state index in [1.165, 1.54) is 11.0 Å². The van der Waals surface area contributed by atoms with Gasteiger partial charge in [0.05, 0.1) is 12.1 Å². The second-order valence-corrected chi connectivity index (χ2v) is 4.57. The van der Waals surface area contributed by atoms with Gasteiger partial charge >= 0.3 is 0 Å². The molecule has 0 aliphatic heterocycles. The molecule has 2 aromatic rings. The Bertz CT molecular complexity index is 607. The van der Waals surface area contributed by atoms with Crippen LogP contribution in [0.2, 0.25) is 0 Å². The van der Waals surface area contributed by atoms with Gasteiger partial charge in [-0.15, -0.1) is 0 Å². The van der Waals surface area contributed by atoms with Crippen LogP contribution in [-0.2, 0) is 6.54 Å². The summed E-state index contributed by atoms with van der Waals surface area (Å²) in [5.74, 6) is -0.210. The lowest BCUT2D eigenvalue weighted by Gasteiger charge is -2.16. The number of rotatable bonds is 3. The second kappa shape index (κ2) is 5.22. The largest absolute Gasteiger partial charge is 0.361 e. The number of carbonyl (C=O) groups is 1. The van der Waals surface area contributed by atoms with Crippen molar-refractivity contribution in [1.29, 1.82) is 0 Å². The Hall–Kier alpha value is -2.17. The number of aromatic nitrogens is 1. The zero-order valence-electron chi connectivity index (χ0n) is 11.1. The molecule has 5 heteroatoms. The van der Waals surface area contributed by atoms with E-state index < -0.39 is 5.82 Å². The van der Waals surface area contributed by atoms with Crippen LogP contribution in [0.1, 0.15) is 27.4 Å². The van der Waals surface area contributed by atoms with Crippen molar-refractivity contribution in [1.82, 2.24) is 10.1 Å². The first-order chi connectivity index (χ1) is 8.97. The Labute approximate surface area is 110 Å². The highest BCUT2D eigenvalue weighted by molar-refractivity contribution is 5.94. The topological polar surface area (TPSA) is 46.3 Å². The second-order valence-electron chi connectivity index (χ2n) is 4.57. The van der Waals surface area contributed by atoms with Crippen molar-refractivity contribution in [2.75, 3.05) is 7.05 Å². The number of hydrogen-bond acceptors (Lipinski definition) is 3. The van der Waals surface area contributed by atoms with Crippen LogP contribution >= 0.6 is 0 Å². The van der Waals surface area contributed by atoms with Crippen molar-refractivity contribution in [2.45, 2.75) is 20.4 Å². The first-order valence-electron chi connectivity index (χ1n) is 5.91. The van der Waals surface area contributed by atoms with Crippen LogP contribution in [0.3, 0.4) is 0 Å². The third-order valence-corrected chi connectivity index (χ3v) is 2.77. The van der Waals surface area contributed by atoms with E-state index in [0.717, 1.165) is 5.56 Å². The molecule has 1 aromatic carbocycles. The highest BCUT2D eigenvalue weighted by Gasteiger charge is 2.17. The van der Waals surface area contributed by atoms with Gasteiger partial charge in [0, 0.05) is 13.1 Å². The number of nitrogens with zero attached hydrogens (tertiary/aromatic N) is 2. The molecular formula is C14H15FN2O2. The fourth-order valence-electron chi connectivity index (χ4n) is 1.82. The molecule has 1 aromatic heterocycles. The molecule has 0 saturated carbocycles. The molecule has 1 heterocycles. The Morgan fingerprint density at radius 1 is 1.37 bits per heavy atom. The van der Waals surface area contributed by atoms with Gasteiger partial charge in [-0.25, -0.2) is 4.39 Å². The predicted octanol–water partition coefficient (Wildman–Crippen LogP) is 2.70. The Morgan fingerprint density at radius 3 is 2.74 bits per heavy atom. The molecule has 0 N–H and O–H groups in total. The summed E-state index contributed by atoms with van der Waals surface area (Å²) in [6.45, 7) is 3.87. The maximum absolute atomic E-state index is 13.6. The molecule has 2 rings (SSSR count). The van der Waals surface area contributed by atoms with E-state index in [4.69, 9.17) is 4.52 Å². The first kappa shape index (κ1) is 13.3. The van der Waals surface area contributed by atoms with Crippen LogP contribution in [0.4, 0.5) is 4.39 Å². The molecule has 0 aliphatic carbocycles.